The average molecular weight is 342 g/mol. The lowest BCUT2D eigenvalue weighted by atomic mass is 10.2. The summed E-state index contributed by atoms with van der Waals surface area (Å²) >= 11 is 0. The van der Waals surface area contributed by atoms with Crippen molar-refractivity contribution in [1.82, 2.24) is 4.31 Å². The van der Waals surface area contributed by atoms with E-state index in [-0.39, 0.29) is 35.5 Å². The number of hydrogen-bond acceptors (Lipinski definition) is 4. The maximum absolute atomic E-state index is 13.9. The highest BCUT2D eigenvalue weighted by Gasteiger charge is 2.39. The van der Waals surface area contributed by atoms with Crippen LogP contribution in [0.25, 0.3) is 0 Å². The molecule has 2 aliphatic rings. The number of nitrogens with zero attached hydrogens (tertiary/aromatic N) is 1. The SMILES string of the molecule is C[C@H]1C[C@@H]1C(=O)Nc1cc(S(=O)(=O)N2CCOCC2)ccc1F. The van der Waals surface area contributed by atoms with E-state index in [2.05, 4.69) is 5.32 Å². The van der Waals surface area contributed by atoms with Gasteiger partial charge in [0.05, 0.1) is 23.8 Å². The number of amides is 1. The van der Waals surface area contributed by atoms with Gasteiger partial charge in [-0.25, -0.2) is 12.8 Å². The summed E-state index contributed by atoms with van der Waals surface area (Å²) in [4.78, 5) is 11.9. The molecule has 1 saturated heterocycles. The molecule has 1 aromatic carbocycles. The van der Waals surface area contributed by atoms with Gasteiger partial charge in [-0.05, 0) is 30.5 Å². The Hall–Kier alpha value is -1.51. The second-order valence-corrected chi connectivity index (χ2v) is 7.90. The lowest BCUT2D eigenvalue weighted by Gasteiger charge is -2.26. The first-order valence-electron chi connectivity index (χ1n) is 7.58. The molecule has 126 valence electrons. The first kappa shape index (κ1) is 16.4. The van der Waals surface area contributed by atoms with Gasteiger partial charge < -0.3 is 10.1 Å². The van der Waals surface area contributed by atoms with Crippen LogP contribution in [0.2, 0.25) is 0 Å². The number of nitrogens with one attached hydrogen (secondary N) is 1. The summed E-state index contributed by atoms with van der Waals surface area (Å²) in [6.45, 7) is 3.15. The fourth-order valence-electron chi connectivity index (χ4n) is 2.61. The Kier molecular flexibility index (Phi) is 4.39. The Morgan fingerprint density at radius 1 is 1.35 bits per heavy atom. The highest BCUT2D eigenvalue weighted by atomic mass is 32.2. The Bertz CT molecular complexity index is 716. The molecule has 0 unspecified atom stereocenters. The van der Waals surface area contributed by atoms with Crippen molar-refractivity contribution in [3.05, 3.63) is 24.0 Å². The van der Waals surface area contributed by atoms with Crippen molar-refractivity contribution in [2.24, 2.45) is 11.8 Å². The number of benzene rings is 1. The second-order valence-electron chi connectivity index (χ2n) is 5.97. The molecule has 1 heterocycles. The number of anilines is 1. The summed E-state index contributed by atoms with van der Waals surface area (Å²) in [5.74, 6) is -0.739. The third kappa shape index (κ3) is 3.39. The van der Waals surface area contributed by atoms with E-state index in [9.17, 15) is 17.6 Å². The maximum Gasteiger partial charge on any atom is 0.243 e. The van der Waals surface area contributed by atoms with E-state index in [0.717, 1.165) is 12.5 Å². The highest BCUT2D eigenvalue weighted by Crippen LogP contribution is 2.38. The molecule has 6 nitrogen and oxygen atoms in total. The van der Waals surface area contributed by atoms with E-state index in [1.165, 1.54) is 16.4 Å². The summed E-state index contributed by atoms with van der Waals surface area (Å²) in [6, 6.07) is 3.47. The summed E-state index contributed by atoms with van der Waals surface area (Å²) in [7, 11) is -3.72. The van der Waals surface area contributed by atoms with Crippen molar-refractivity contribution in [2.45, 2.75) is 18.2 Å². The molecular formula is C15H19FN2O4S. The van der Waals surface area contributed by atoms with E-state index >= 15 is 0 Å². The molecule has 3 rings (SSSR count). The van der Waals surface area contributed by atoms with Crippen molar-refractivity contribution in [3.8, 4) is 0 Å². The maximum atomic E-state index is 13.9. The molecule has 1 N–H and O–H groups in total. The first-order valence-corrected chi connectivity index (χ1v) is 9.02. The predicted molar refractivity (Wildman–Crippen MR) is 81.9 cm³/mol. The molecule has 1 aliphatic heterocycles. The molecule has 1 aromatic rings. The van der Waals surface area contributed by atoms with Gasteiger partial charge in [0.2, 0.25) is 15.9 Å². The van der Waals surface area contributed by atoms with E-state index in [4.69, 9.17) is 4.74 Å². The van der Waals surface area contributed by atoms with E-state index in [1.54, 1.807) is 0 Å². The number of carbonyl (C=O) groups excluding carboxylic acids is 1. The number of carbonyl (C=O) groups is 1. The summed E-state index contributed by atoms with van der Waals surface area (Å²) in [5, 5.41) is 2.50. The zero-order valence-electron chi connectivity index (χ0n) is 12.8. The van der Waals surface area contributed by atoms with Gasteiger partial charge in [0.25, 0.3) is 0 Å². The molecule has 0 radical (unpaired) electrons. The lowest BCUT2D eigenvalue weighted by Crippen LogP contribution is -2.40. The largest absolute Gasteiger partial charge is 0.379 e. The second kappa shape index (κ2) is 6.18. The minimum absolute atomic E-state index is 0.0278. The van der Waals surface area contributed by atoms with Gasteiger partial charge in [-0.15, -0.1) is 0 Å². The number of rotatable bonds is 4. The number of sulfonamides is 1. The summed E-state index contributed by atoms with van der Waals surface area (Å²) in [5.41, 5.74) is -0.0940. The summed E-state index contributed by atoms with van der Waals surface area (Å²) in [6.07, 6.45) is 0.777. The molecule has 0 bridgehead atoms. The lowest BCUT2D eigenvalue weighted by molar-refractivity contribution is -0.117. The molecule has 8 heteroatoms. The molecule has 23 heavy (non-hydrogen) atoms. The van der Waals surface area contributed by atoms with Crippen LogP contribution in [0.1, 0.15) is 13.3 Å². The van der Waals surface area contributed by atoms with Crippen molar-refractivity contribution < 1.29 is 22.3 Å². The monoisotopic (exact) mass is 342 g/mol. The van der Waals surface area contributed by atoms with Gasteiger partial charge in [-0.1, -0.05) is 6.92 Å². The molecular weight excluding hydrogens is 323 g/mol. The van der Waals surface area contributed by atoms with E-state index in [0.29, 0.717) is 19.1 Å². The van der Waals surface area contributed by atoms with Gasteiger partial charge in [-0.3, -0.25) is 4.79 Å². The van der Waals surface area contributed by atoms with Crippen LogP contribution in [0.3, 0.4) is 0 Å². The molecule has 0 aromatic heterocycles. The minimum Gasteiger partial charge on any atom is -0.379 e. The third-order valence-corrected chi connectivity index (χ3v) is 6.14. The smallest absolute Gasteiger partial charge is 0.243 e. The van der Waals surface area contributed by atoms with Crippen molar-refractivity contribution in [3.63, 3.8) is 0 Å². The van der Waals surface area contributed by atoms with Crippen LogP contribution in [0.4, 0.5) is 10.1 Å². The Morgan fingerprint density at radius 2 is 2.00 bits per heavy atom. The van der Waals surface area contributed by atoms with Crippen molar-refractivity contribution in [2.75, 3.05) is 31.6 Å². The van der Waals surface area contributed by atoms with Crippen LogP contribution < -0.4 is 5.32 Å². The van der Waals surface area contributed by atoms with Crippen molar-refractivity contribution in [1.29, 1.82) is 0 Å². The topological polar surface area (TPSA) is 75.7 Å². The molecule has 1 aliphatic carbocycles. The molecule has 0 spiro atoms. The van der Waals surface area contributed by atoms with Crippen molar-refractivity contribution >= 4 is 21.6 Å². The highest BCUT2D eigenvalue weighted by molar-refractivity contribution is 7.89. The fraction of sp³-hybridized carbons (Fsp3) is 0.533. The number of morpholine rings is 1. The average Bonchev–Trinajstić information content (AvgIpc) is 3.27. The van der Waals surface area contributed by atoms with Gasteiger partial charge in [0.15, 0.2) is 0 Å². The van der Waals surface area contributed by atoms with E-state index < -0.39 is 15.8 Å². The normalized spacial score (nSPS) is 25.1. The molecule has 2 atom stereocenters. The van der Waals surface area contributed by atoms with Gasteiger partial charge in [0, 0.05) is 19.0 Å². The van der Waals surface area contributed by atoms with Crippen LogP contribution >= 0.6 is 0 Å². The van der Waals surface area contributed by atoms with Crippen LogP contribution in [-0.2, 0) is 19.6 Å². The quantitative estimate of drug-likeness (QED) is 0.898. The zero-order chi connectivity index (χ0) is 16.6. The number of ether oxygens (including phenoxy) is 1. The first-order chi connectivity index (χ1) is 10.9. The fourth-order valence-corrected chi connectivity index (χ4v) is 4.04. The van der Waals surface area contributed by atoms with Crippen LogP contribution in [-0.4, -0.2) is 44.9 Å². The predicted octanol–water partition coefficient (Wildman–Crippen LogP) is 1.44. The molecule has 2 fully saturated rings. The van der Waals surface area contributed by atoms with Crippen LogP contribution in [0.5, 0.6) is 0 Å². The van der Waals surface area contributed by atoms with Gasteiger partial charge in [0.1, 0.15) is 5.82 Å². The minimum atomic E-state index is -3.72. The molecule has 1 saturated carbocycles. The zero-order valence-corrected chi connectivity index (χ0v) is 13.6. The Morgan fingerprint density at radius 3 is 2.61 bits per heavy atom. The Labute approximate surface area is 134 Å². The van der Waals surface area contributed by atoms with Crippen LogP contribution in [0, 0.1) is 17.7 Å². The number of hydrogen-bond donors (Lipinski definition) is 1. The molecule has 1 amide bonds. The third-order valence-electron chi connectivity index (χ3n) is 4.25. The van der Waals surface area contributed by atoms with Gasteiger partial charge in [-0.2, -0.15) is 4.31 Å². The summed E-state index contributed by atoms with van der Waals surface area (Å²) < 4.78 is 45.5. The van der Waals surface area contributed by atoms with Gasteiger partial charge >= 0.3 is 0 Å². The van der Waals surface area contributed by atoms with Crippen LogP contribution in [0.15, 0.2) is 23.1 Å². The number of halogens is 1. The Balaban J connectivity index is 1.83. The standard InChI is InChI=1S/C15H19FN2O4S/c1-10-8-12(10)15(19)17-14-9-11(2-3-13(14)16)23(20,21)18-4-6-22-7-5-18/h2-3,9-10,12H,4-8H2,1H3,(H,17,19)/t10-,12-/m0/s1. The van der Waals surface area contributed by atoms with E-state index in [1.807, 2.05) is 6.92 Å².